The topological polar surface area (TPSA) is 78.9 Å². The van der Waals surface area contributed by atoms with Gasteiger partial charge in [0.1, 0.15) is 13.2 Å². The Bertz CT molecular complexity index is 691. The van der Waals surface area contributed by atoms with Crippen LogP contribution in [0.25, 0.3) is 0 Å². The molecule has 0 spiro atoms. The van der Waals surface area contributed by atoms with Gasteiger partial charge < -0.3 is 14.2 Å². The van der Waals surface area contributed by atoms with Crippen molar-refractivity contribution in [1.82, 2.24) is 0 Å². The molecule has 0 fully saturated rings. The molecule has 0 bridgehead atoms. The fraction of sp³-hybridized carbons (Fsp3) is 0.925. The second kappa shape index (κ2) is 34.7. The average molecular weight is 653 g/mol. The van der Waals surface area contributed by atoms with E-state index in [-0.39, 0.29) is 31.1 Å². The minimum atomic E-state index is -0.757. The van der Waals surface area contributed by atoms with Gasteiger partial charge in [0.15, 0.2) is 6.10 Å². The van der Waals surface area contributed by atoms with E-state index >= 15 is 0 Å². The molecule has 0 unspecified atom stereocenters. The highest BCUT2D eigenvalue weighted by Gasteiger charge is 2.19. The molecule has 0 radical (unpaired) electrons. The number of unbranched alkanes of at least 4 members (excludes halogenated alkanes) is 22. The molecule has 6 nitrogen and oxygen atoms in total. The molecule has 272 valence electrons. The van der Waals surface area contributed by atoms with Gasteiger partial charge in [-0.3, -0.25) is 14.4 Å². The second-order valence-electron chi connectivity index (χ2n) is 14.0. The predicted octanol–water partition coefficient (Wildman–Crippen LogP) is 12.0. The Labute approximate surface area is 285 Å². The van der Waals surface area contributed by atoms with Crippen molar-refractivity contribution in [2.75, 3.05) is 13.2 Å². The number of ether oxygens (including phenoxy) is 3. The quantitative estimate of drug-likeness (QED) is 0.0385. The normalized spacial score (nSPS) is 11.9. The Balaban J connectivity index is 4.35. The van der Waals surface area contributed by atoms with E-state index in [1.54, 1.807) is 0 Å². The molecule has 0 saturated carbocycles. The third kappa shape index (κ3) is 33.8. The Morgan fingerprint density at radius 3 is 1.07 bits per heavy atom. The van der Waals surface area contributed by atoms with Crippen molar-refractivity contribution in [3.8, 4) is 0 Å². The van der Waals surface area contributed by atoms with E-state index in [1.807, 2.05) is 0 Å². The van der Waals surface area contributed by atoms with Gasteiger partial charge in [0.2, 0.25) is 0 Å². The maximum atomic E-state index is 12.6. The Kier molecular flexibility index (Phi) is 33.5. The second-order valence-corrected chi connectivity index (χ2v) is 14.0. The van der Waals surface area contributed by atoms with E-state index in [0.717, 1.165) is 63.7 Å². The third-order valence-electron chi connectivity index (χ3n) is 8.79. The molecule has 0 aromatic rings. The molecule has 0 aromatic heterocycles. The Morgan fingerprint density at radius 2 is 0.717 bits per heavy atom. The summed E-state index contributed by atoms with van der Waals surface area (Å²) < 4.78 is 16.6. The zero-order valence-electron chi connectivity index (χ0n) is 31.0. The molecule has 0 aliphatic carbocycles. The van der Waals surface area contributed by atoms with Crippen LogP contribution in [0, 0.1) is 5.92 Å². The Hall–Kier alpha value is -1.59. The largest absolute Gasteiger partial charge is 0.462 e. The summed E-state index contributed by atoms with van der Waals surface area (Å²) in [6, 6.07) is 0. The van der Waals surface area contributed by atoms with Crippen molar-refractivity contribution >= 4 is 17.9 Å². The average Bonchev–Trinajstić information content (AvgIpc) is 3.03. The minimum Gasteiger partial charge on any atom is -0.462 e. The van der Waals surface area contributed by atoms with Crippen molar-refractivity contribution in [2.45, 2.75) is 220 Å². The first-order valence-corrected chi connectivity index (χ1v) is 19.9. The van der Waals surface area contributed by atoms with Gasteiger partial charge in [0, 0.05) is 19.3 Å². The number of hydrogen-bond acceptors (Lipinski definition) is 6. The molecule has 46 heavy (non-hydrogen) atoms. The van der Waals surface area contributed by atoms with Gasteiger partial charge in [-0.25, -0.2) is 0 Å². The molecule has 6 heteroatoms. The summed E-state index contributed by atoms with van der Waals surface area (Å²) in [5.41, 5.74) is 0. The van der Waals surface area contributed by atoms with Crippen molar-refractivity contribution in [2.24, 2.45) is 5.92 Å². The van der Waals surface area contributed by atoms with Gasteiger partial charge >= 0.3 is 17.9 Å². The van der Waals surface area contributed by atoms with E-state index in [4.69, 9.17) is 14.2 Å². The van der Waals surface area contributed by atoms with Crippen LogP contribution >= 0.6 is 0 Å². The summed E-state index contributed by atoms with van der Waals surface area (Å²) >= 11 is 0. The van der Waals surface area contributed by atoms with Crippen LogP contribution in [-0.4, -0.2) is 37.2 Å². The van der Waals surface area contributed by atoms with Gasteiger partial charge in [-0.1, -0.05) is 175 Å². The molecule has 0 saturated heterocycles. The summed E-state index contributed by atoms with van der Waals surface area (Å²) in [5.74, 6) is -0.0887. The molecule has 0 aliphatic heterocycles. The van der Waals surface area contributed by atoms with Crippen LogP contribution in [-0.2, 0) is 28.6 Å². The highest BCUT2D eigenvalue weighted by Crippen LogP contribution is 2.15. The summed E-state index contributed by atoms with van der Waals surface area (Å²) in [6.45, 7) is 8.88. The molecule has 0 N–H and O–H groups in total. The zero-order chi connectivity index (χ0) is 33.9. The lowest BCUT2D eigenvalue weighted by Gasteiger charge is -2.18. The predicted molar refractivity (Wildman–Crippen MR) is 192 cm³/mol. The van der Waals surface area contributed by atoms with Crippen molar-refractivity contribution in [3.63, 3.8) is 0 Å². The number of carbonyl (C=O) groups is 3. The minimum absolute atomic E-state index is 0.0656. The molecular formula is C40H76O6. The van der Waals surface area contributed by atoms with Gasteiger partial charge in [-0.05, 0) is 25.2 Å². The molecule has 0 aliphatic rings. The molecule has 0 rings (SSSR count). The highest BCUT2D eigenvalue weighted by molar-refractivity contribution is 5.71. The van der Waals surface area contributed by atoms with E-state index in [2.05, 4.69) is 27.7 Å². The van der Waals surface area contributed by atoms with E-state index in [1.165, 1.54) is 109 Å². The molecule has 0 heterocycles. The maximum Gasteiger partial charge on any atom is 0.306 e. The van der Waals surface area contributed by atoms with Gasteiger partial charge in [-0.15, -0.1) is 0 Å². The van der Waals surface area contributed by atoms with Crippen molar-refractivity contribution < 1.29 is 28.6 Å². The smallest absolute Gasteiger partial charge is 0.306 e. The van der Waals surface area contributed by atoms with E-state index in [0.29, 0.717) is 19.3 Å². The van der Waals surface area contributed by atoms with Crippen LogP contribution in [0.4, 0.5) is 0 Å². The van der Waals surface area contributed by atoms with Gasteiger partial charge in [-0.2, -0.15) is 0 Å². The van der Waals surface area contributed by atoms with Crippen LogP contribution in [0.1, 0.15) is 214 Å². The summed E-state index contributed by atoms with van der Waals surface area (Å²) in [6.07, 6.45) is 31.0. The summed E-state index contributed by atoms with van der Waals surface area (Å²) in [5, 5.41) is 0. The lowest BCUT2D eigenvalue weighted by molar-refractivity contribution is -0.167. The first-order chi connectivity index (χ1) is 22.4. The first-order valence-electron chi connectivity index (χ1n) is 19.9. The maximum absolute atomic E-state index is 12.6. The molecule has 1 atom stereocenters. The monoisotopic (exact) mass is 653 g/mol. The molecular weight excluding hydrogens is 576 g/mol. The number of carbonyl (C=O) groups excluding carboxylic acids is 3. The standard InChI is InChI=1S/C40H76O6/c1-5-7-9-11-13-15-19-23-27-31-38(41)44-34-37(46-40(43)33-29-25-20-16-14-12-10-8-6-2)35-45-39(42)32-28-24-21-17-18-22-26-30-36(3)4/h36-37H,5-35H2,1-4H3/t37-/m1/s1. The van der Waals surface area contributed by atoms with E-state index in [9.17, 15) is 14.4 Å². The lowest BCUT2D eigenvalue weighted by Crippen LogP contribution is -2.30. The van der Waals surface area contributed by atoms with Crippen LogP contribution in [0.3, 0.4) is 0 Å². The number of rotatable bonds is 35. The van der Waals surface area contributed by atoms with Crippen LogP contribution in [0.2, 0.25) is 0 Å². The SMILES string of the molecule is CCCCCCCCCCCC(=O)OC[C@H](COC(=O)CCCCCCCCCC(C)C)OC(=O)CCCCCCCCCCC. The molecule has 0 aromatic carbocycles. The Morgan fingerprint density at radius 1 is 0.413 bits per heavy atom. The fourth-order valence-corrected chi connectivity index (χ4v) is 5.74. The molecule has 0 amide bonds. The third-order valence-corrected chi connectivity index (χ3v) is 8.79. The van der Waals surface area contributed by atoms with Crippen molar-refractivity contribution in [1.29, 1.82) is 0 Å². The van der Waals surface area contributed by atoms with Crippen LogP contribution < -0.4 is 0 Å². The fourth-order valence-electron chi connectivity index (χ4n) is 5.74. The van der Waals surface area contributed by atoms with Crippen molar-refractivity contribution in [3.05, 3.63) is 0 Å². The van der Waals surface area contributed by atoms with E-state index < -0.39 is 6.10 Å². The van der Waals surface area contributed by atoms with Gasteiger partial charge in [0.25, 0.3) is 0 Å². The first kappa shape index (κ1) is 44.4. The summed E-state index contributed by atoms with van der Waals surface area (Å²) in [7, 11) is 0. The van der Waals surface area contributed by atoms with Crippen LogP contribution in [0.15, 0.2) is 0 Å². The van der Waals surface area contributed by atoms with Gasteiger partial charge in [0.05, 0.1) is 0 Å². The highest BCUT2D eigenvalue weighted by atomic mass is 16.6. The number of esters is 3. The van der Waals surface area contributed by atoms with Crippen LogP contribution in [0.5, 0.6) is 0 Å². The summed E-state index contributed by atoms with van der Waals surface area (Å²) in [4.78, 5) is 37.3. The number of hydrogen-bond donors (Lipinski definition) is 0. The zero-order valence-corrected chi connectivity index (χ0v) is 31.0. The lowest BCUT2D eigenvalue weighted by atomic mass is 10.0.